The molecule has 62 heavy (non-hydrogen) atoms. The topological polar surface area (TPSA) is 180 Å². The van der Waals surface area contributed by atoms with E-state index in [0.717, 1.165) is 18.4 Å². The number of ketones is 2. The first kappa shape index (κ1) is 51.4. The summed E-state index contributed by atoms with van der Waals surface area (Å²) in [4.78, 5) is 57.7. The Morgan fingerprint density at radius 1 is 0.887 bits per heavy atom. The number of nitrogens with zero attached hydrogens (tertiary/aromatic N) is 1. The van der Waals surface area contributed by atoms with E-state index in [9.17, 15) is 39.6 Å². The van der Waals surface area contributed by atoms with Gasteiger partial charge in [0, 0.05) is 38.3 Å². The van der Waals surface area contributed by atoms with E-state index in [1.54, 1.807) is 47.0 Å². The number of carbonyl (C=O) groups is 4. The Morgan fingerprint density at radius 3 is 2.32 bits per heavy atom. The zero-order chi connectivity index (χ0) is 45.9. The summed E-state index contributed by atoms with van der Waals surface area (Å²) in [6, 6.07) is -1.12. The van der Waals surface area contributed by atoms with Crippen LogP contribution in [0.15, 0.2) is 59.8 Å². The number of piperidine rings is 1. The van der Waals surface area contributed by atoms with E-state index >= 15 is 0 Å². The number of hydrogen-bond donors (Lipinski definition) is 4. The Bertz CT molecular complexity index is 1680. The highest BCUT2D eigenvalue weighted by Gasteiger charge is 2.53. The lowest BCUT2D eigenvalue weighted by molar-refractivity contribution is -0.265. The first-order valence-electron chi connectivity index (χ1n) is 23.2. The molecule has 4 rings (SSSR count). The molecule has 0 aromatic rings. The van der Waals surface area contributed by atoms with Crippen LogP contribution in [0.25, 0.3) is 0 Å². The number of fused-ring (bicyclic) bond motifs is 3. The van der Waals surface area contributed by atoms with Gasteiger partial charge in [0.05, 0.1) is 30.5 Å². The van der Waals surface area contributed by atoms with Crippen LogP contribution in [-0.4, -0.2) is 111 Å². The molecule has 1 saturated carbocycles. The molecule has 0 aromatic heterocycles. The molecule has 2 bridgehead atoms. The van der Waals surface area contributed by atoms with Crippen molar-refractivity contribution in [2.75, 3.05) is 13.7 Å². The highest BCUT2D eigenvalue weighted by Crippen LogP contribution is 2.37. The lowest BCUT2D eigenvalue weighted by atomic mass is 9.78. The lowest BCUT2D eigenvalue weighted by Crippen LogP contribution is -2.61. The van der Waals surface area contributed by atoms with Crippen molar-refractivity contribution in [3.05, 3.63) is 59.8 Å². The molecule has 12 heteroatoms. The standard InChI is InChI=1S/C50H77NO11/c1-30-15-11-10-12-16-31(2)43(54)28-39-20-18-37(8)50(59,62-39)47(56)48(57)51-22-14-13-17-40(51)49(58)61-45(36(7)25-38-19-21-41(52)46(27-38)60-9)29-44(55)35(6)24-34(5)42(53)26-33(4)32(3)23-30/h10-12,15-16,24,30,32,35-43,45-46,52-54,59H,4,13-14,17-23,25-29H2,1-3,5-9H3/b12-10+,15-11+,31-16+,34-24+/t30-,32-,35-,36-,37-,38+,39+,40+,41-,42+,43+,45+,46-,50-/m1/s1. The number of methoxy groups -OCH3 is 1. The fourth-order valence-electron chi connectivity index (χ4n) is 9.60. The summed E-state index contributed by atoms with van der Waals surface area (Å²) in [7, 11) is 1.58. The Kier molecular flexibility index (Phi) is 19.6. The zero-order valence-corrected chi connectivity index (χ0v) is 38.7. The molecule has 0 unspecified atom stereocenters. The predicted molar refractivity (Wildman–Crippen MR) is 238 cm³/mol. The molecule has 348 valence electrons. The first-order chi connectivity index (χ1) is 29.2. The van der Waals surface area contributed by atoms with Gasteiger partial charge in [-0.15, -0.1) is 0 Å². The van der Waals surface area contributed by atoms with Gasteiger partial charge in [-0.3, -0.25) is 14.4 Å². The van der Waals surface area contributed by atoms with E-state index in [-0.39, 0.29) is 61.4 Å². The number of cyclic esters (lactones) is 1. The summed E-state index contributed by atoms with van der Waals surface area (Å²) < 4.78 is 17.8. The van der Waals surface area contributed by atoms with E-state index in [1.165, 1.54) is 4.90 Å². The number of aliphatic hydroxyl groups is 4. The monoisotopic (exact) mass is 868 g/mol. The number of amides is 1. The minimum Gasteiger partial charge on any atom is -0.460 e. The fraction of sp³-hybridized carbons (Fsp3) is 0.720. The number of Topliss-reactive ketones (excluding diaryl/α,β-unsaturated/α-hetero) is 2. The van der Waals surface area contributed by atoms with E-state index in [4.69, 9.17) is 14.2 Å². The third kappa shape index (κ3) is 13.9. The van der Waals surface area contributed by atoms with Crippen LogP contribution in [0.2, 0.25) is 0 Å². The van der Waals surface area contributed by atoms with E-state index < -0.39 is 71.8 Å². The second-order valence-electron chi connectivity index (χ2n) is 19.3. The molecule has 1 aliphatic carbocycles. The molecule has 3 heterocycles. The van der Waals surface area contributed by atoms with Crippen LogP contribution in [0, 0.1) is 35.5 Å². The van der Waals surface area contributed by atoms with Gasteiger partial charge in [0.1, 0.15) is 17.9 Å². The minimum absolute atomic E-state index is 0.0964. The third-order valence-corrected chi connectivity index (χ3v) is 14.1. The number of carbonyl (C=O) groups excluding carboxylic acids is 4. The number of ether oxygens (including phenoxy) is 3. The molecule has 12 nitrogen and oxygen atoms in total. The van der Waals surface area contributed by atoms with Crippen molar-refractivity contribution in [2.45, 2.75) is 180 Å². The van der Waals surface area contributed by atoms with Gasteiger partial charge in [0.25, 0.3) is 11.7 Å². The van der Waals surface area contributed by atoms with Crippen LogP contribution in [0.1, 0.15) is 132 Å². The maximum Gasteiger partial charge on any atom is 0.329 e. The summed E-state index contributed by atoms with van der Waals surface area (Å²) in [5, 5.41) is 44.6. The highest BCUT2D eigenvalue weighted by atomic mass is 16.6. The largest absolute Gasteiger partial charge is 0.460 e. The Hall–Kier alpha value is -3.26. The van der Waals surface area contributed by atoms with Crippen molar-refractivity contribution in [3.63, 3.8) is 0 Å². The normalized spacial score (nSPS) is 40.6. The maximum absolute atomic E-state index is 14.3. The van der Waals surface area contributed by atoms with Crippen molar-refractivity contribution in [1.29, 1.82) is 0 Å². The van der Waals surface area contributed by atoms with Crippen molar-refractivity contribution in [2.24, 2.45) is 35.5 Å². The van der Waals surface area contributed by atoms with Crippen LogP contribution >= 0.6 is 0 Å². The van der Waals surface area contributed by atoms with Gasteiger partial charge in [-0.2, -0.15) is 0 Å². The maximum atomic E-state index is 14.3. The molecule has 14 atom stereocenters. The highest BCUT2D eigenvalue weighted by molar-refractivity contribution is 6.39. The van der Waals surface area contributed by atoms with Gasteiger partial charge < -0.3 is 39.5 Å². The molecule has 1 amide bonds. The van der Waals surface area contributed by atoms with Crippen LogP contribution in [-0.2, 0) is 33.4 Å². The van der Waals surface area contributed by atoms with Gasteiger partial charge in [-0.25, -0.2) is 4.79 Å². The molecule has 4 aliphatic rings. The first-order valence-corrected chi connectivity index (χ1v) is 23.2. The predicted octanol–water partition coefficient (Wildman–Crippen LogP) is 6.89. The van der Waals surface area contributed by atoms with Crippen LogP contribution in [0.3, 0.4) is 0 Å². The van der Waals surface area contributed by atoms with E-state index in [2.05, 4.69) is 26.5 Å². The second-order valence-corrected chi connectivity index (χ2v) is 19.3. The van der Waals surface area contributed by atoms with Crippen molar-refractivity contribution in [3.8, 4) is 0 Å². The summed E-state index contributed by atoms with van der Waals surface area (Å²) in [6.07, 6.45) is 13.1. The average Bonchev–Trinajstić information content (AvgIpc) is 3.23. The SMILES string of the molecule is C=C1C[C@H](O)/C(C)=C/[C@@H](C)C(=O)C[C@@H]([C@H](C)C[C@@H]2CC[C@@H](O)[C@H](OC)C2)OC(=O)[C@@H]2CCCCN2C(=O)C(=O)[C@]2(O)O[C@@H](CC[C@H]2C)C[C@H](O)/C(C)=C/C=C/C=C/[C@@H](C)C[C@H]1C. The fourth-order valence-corrected chi connectivity index (χ4v) is 9.60. The summed E-state index contributed by atoms with van der Waals surface area (Å²) in [5.41, 5.74) is 2.23. The van der Waals surface area contributed by atoms with Gasteiger partial charge in [0.15, 0.2) is 0 Å². The minimum atomic E-state index is -2.46. The Labute approximate surface area is 370 Å². The number of hydrogen-bond acceptors (Lipinski definition) is 11. The smallest absolute Gasteiger partial charge is 0.329 e. The average molecular weight is 868 g/mol. The Morgan fingerprint density at radius 2 is 1.61 bits per heavy atom. The molecule has 3 aliphatic heterocycles. The van der Waals surface area contributed by atoms with E-state index in [1.807, 2.05) is 25.2 Å². The molecular weight excluding hydrogens is 791 g/mol. The molecule has 4 N–H and O–H groups in total. The number of aliphatic hydroxyl groups excluding tert-OH is 3. The van der Waals surface area contributed by atoms with Crippen LogP contribution in [0.4, 0.5) is 0 Å². The quantitative estimate of drug-likeness (QED) is 0.131. The molecule has 3 fully saturated rings. The number of allylic oxidation sites excluding steroid dienone is 6. The zero-order valence-electron chi connectivity index (χ0n) is 38.7. The number of rotatable bonds is 4. The molecule has 0 aromatic carbocycles. The van der Waals surface area contributed by atoms with Crippen molar-refractivity contribution < 1.29 is 53.8 Å². The van der Waals surface area contributed by atoms with Crippen molar-refractivity contribution in [1.82, 2.24) is 4.90 Å². The van der Waals surface area contributed by atoms with Crippen molar-refractivity contribution >= 4 is 23.4 Å². The van der Waals surface area contributed by atoms with Crippen LogP contribution < -0.4 is 0 Å². The number of esters is 1. The van der Waals surface area contributed by atoms with Gasteiger partial charge >= 0.3 is 5.97 Å². The van der Waals surface area contributed by atoms with Gasteiger partial charge in [-0.05, 0) is 119 Å². The van der Waals surface area contributed by atoms with Gasteiger partial charge in [-0.1, -0.05) is 83.2 Å². The molecule has 2 saturated heterocycles. The van der Waals surface area contributed by atoms with E-state index in [0.29, 0.717) is 62.5 Å². The molecular formula is C50H77NO11. The third-order valence-electron chi connectivity index (χ3n) is 14.1. The summed E-state index contributed by atoms with van der Waals surface area (Å²) in [5.74, 6) is -6.66. The second kappa shape index (κ2) is 23.6. The Balaban J connectivity index is 1.66. The van der Waals surface area contributed by atoms with Crippen LogP contribution in [0.5, 0.6) is 0 Å². The molecule has 0 radical (unpaired) electrons. The van der Waals surface area contributed by atoms with Gasteiger partial charge in [0.2, 0.25) is 5.79 Å². The molecule has 0 spiro atoms. The summed E-state index contributed by atoms with van der Waals surface area (Å²) >= 11 is 0. The lowest BCUT2D eigenvalue weighted by Gasteiger charge is -2.42. The summed E-state index contributed by atoms with van der Waals surface area (Å²) in [6.45, 7) is 17.5.